The second-order valence-electron chi connectivity index (χ2n) is 4.76. The molecule has 20 heavy (non-hydrogen) atoms. The van der Waals surface area contributed by atoms with Crippen LogP contribution >= 0.6 is 11.6 Å². The van der Waals surface area contributed by atoms with E-state index in [-0.39, 0.29) is 6.10 Å². The molecule has 0 unspecified atom stereocenters. The number of hydrogen-bond acceptors (Lipinski definition) is 3. The SMILES string of the molecule is CC(C)Oc1ccc(Cl)cc1-c1nnc2ccccn12. The van der Waals surface area contributed by atoms with E-state index >= 15 is 0 Å². The van der Waals surface area contributed by atoms with Crippen LogP contribution in [0.1, 0.15) is 13.8 Å². The molecule has 0 radical (unpaired) electrons. The minimum atomic E-state index is 0.0779. The maximum Gasteiger partial charge on any atom is 0.172 e. The molecule has 0 fully saturated rings. The van der Waals surface area contributed by atoms with E-state index in [1.807, 2.05) is 60.8 Å². The lowest BCUT2D eigenvalue weighted by Gasteiger charge is -2.13. The summed E-state index contributed by atoms with van der Waals surface area (Å²) in [6, 6.07) is 11.3. The Kier molecular flexibility index (Phi) is 3.32. The van der Waals surface area contributed by atoms with Crippen LogP contribution < -0.4 is 4.74 Å². The number of fused-ring (bicyclic) bond motifs is 1. The number of aromatic nitrogens is 3. The van der Waals surface area contributed by atoms with Gasteiger partial charge in [-0.05, 0) is 44.2 Å². The normalized spacial score (nSPS) is 11.2. The fourth-order valence-corrected chi connectivity index (χ4v) is 2.23. The minimum absolute atomic E-state index is 0.0779. The van der Waals surface area contributed by atoms with Gasteiger partial charge in [0.05, 0.1) is 11.7 Å². The fourth-order valence-electron chi connectivity index (χ4n) is 2.06. The molecule has 0 aliphatic rings. The first-order valence-electron chi connectivity index (χ1n) is 6.41. The van der Waals surface area contributed by atoms with E-state index in [4.69, 9.17) is 16.3 Å². The number of hydrogen-bond donors (Lipinski definition) is 0. The summed E-state index contributed by atoms with van der Waals surface area (Å²) in [6.07, 6.45) is 2.00. The highest BCUT2D eigenvalue weighted by Gasteiger charge is 2.14. The van der Waals surface area contributed by atoms with Crippen molar-refractivity contribution in [3.8, 4) is 17.1 Å². The third-order valence-electron chi connectivity index (χ3n) is 2.86. The van der Waals surface area contributed by atoms with E-state index in [1.165, 1.54) is 0 Å². The molecular formula is C15H14ClN3O. The van der Waals surface area contributed by atoms with Gasteiger partial charge >= 0.3 is 0 Å². The molecule has 3 rings (SSSR count). The highest BCUT2D eigenvalue weighted by Crippen LogP contribution is 2.32. The number of halogens is 1. The molecule has 0 bridgehead atoms. The average Bonchev–Trinajstić information content (AvgIpc) is 2.84. The number of ether oxygens (including phenoxy) is 1. The number of rotatable bonds is 3. The topological polar surface area (TPSA) is 39.4 Å². The predicted molar refractivity (Wildman–Crippen MR) is 79.2 cm³/mol. The van der Waals surface area contributed by atoms with Crippen LogP contribution in [0.15, 0.2) is 42.6 Å². The average molecular weight is 288 g/mol. The van der Waals surface area contributed by atoms with Crippen LogP contribution in [0.5, 0.6) is 5.75 Å². The maximum absolute atomic E-state index is 6.11. The predicted octanol–water partition coefficient (Wildman–Crippen LogP) is 3.84. The van der Waals surface area contributed by atoms with Crippen molar-refractivity contribution in [2.24, 2.45) is 0 Å². The summed E-state index contributed by atoms with van der Waals surface area (Å²) in [5.41, 5.74) is 1.63. The van der Waals surface area contributed by atoms with Gasteiger partial charge in [-0.15, -0.1) is 10.2 Å². The Hall–Kier alpha value is -2.07. The second-order valence-corrected chi connectivity index (χ2v) is 5.20. The van der Waals surface area contributed by atoms with Gasteiger partial charge in [0.2, 0.25) is 0 Å². The summed E-state index contributed by atoms with van der Waals surface area (Å²) in [6.45, 7) is 3.97. The van der Waals surface area contributed by atoms with Crippen molar-refractivity contribution >= 4 is 17.2 Å². The van der Waals surface area contributed by atoms with E-state index < -0.39 is 0 Å². The van der Waals surface area contributed by atoms with Crippen LogP contribution in [0, 0.1) is 0 Å². The number of benzene rings is 1. The van der Waals surface area contributed by atoms with Gasteiger partial charge < -0.3 is 4.74 Å². The molecule has 0 atom stereocenters. The Balaban J connectivity index is 2.20. The summed E-state index contributed by atoms with van der Waals surface area (Å²) in [5, 5.41) is 9.05. The maximum atomic E-state index is 6.11. The zero-order chi connectivity index (χ0) is 14.1. The third-order valence-corrected chi connectivity index (χ3v) is 3.09. The first-order valence-corrected chi connectivity index (χ1v) is 6.79. The molecule has 0 saturated heterocycles. The Morgan fingerprint density at radius 1 is 1.15 bits per heavy atom. The lowest BCUT2D eigenvalue weighted by Crippen LogP contribution is -2.07. The van der Waals surface area contributed by atoms with Crippen LogP contribution in [0.2, 0.25) is 5.02 Å². The van der Waals surface area contributed by atoms with Gasteiger partial charge in [-0.3, -0.25) is 4.40 Å². The van der Waals surface area contributed by atoms with E-state index in [9.17, 15) is 0 Å². The quantitative estimate of drug-likeness (QED) is 0.735. The van der Waals surface area contributed by atoms with Crippen molar-refractivity contribution in [1.29, 1.82) is 0 Å². The zero-order valence-electron chi connectivity index (χ0n) is 11.2. The minimum Gasteiger partial charge on any atom is -0.490 e. The standard InChI is InChI=1S/C15H14ClN3O/c1-10(2)20-13-7-6-11(16)9-12(13)15-18-17-14-5-3-4-8-19(14)15/h3-10H,1-2H3. The van der Waals surface area contributed by atoms with Crippen molar-refractivity contribution in [3.05, 3.63) is 47.6 Å². The molecular weight excluding hydrogens is 274 g/mol. The van der Waals surface area contributed by atoms with Gasteiger partial charge in [0.1, 0.15) is 5.75 Å². The molecule has 2 heterocycles. The molecule has 4 nitrogen and oxygen atoms in total. The van der Waals surface area contributed by atoms with Gasteiger partial charge in [-0.25, -0.2) is 0 Å². The van der Waals surface area contributed by atoms with Crippen LogP contribution in [-0.2, 0) is 0 Å². The monoisotopic (exact) mass is 287 g/mol. The second kappa shape index (κ2) is 5.13. The summed E-state index contributed by atoms with van der Waals surface area (Å²) in [4.78, 5) is 0. The smallest absolute Gasteiger partial charge is 0.172 e. The van der Waals surface area contributed by atoms with Gasteiger partial charge in [0.15, 0.2) is 11.5 Å². The Labute approximate surface area is 122 Å². The van der Waals surface area contributed by atoms with Crippen LogP contribution in [-0.4, -0.2) is 20.7 Å². The van der Waals surface area contributed by atoms with E-state index in [0.717, 1.165) is 22.8 Å². The van der Waals surface area contributed by atoms with Crippen molar-refractivity contribution in [2.75, 3.05) is 0 Å². The lowest BCUT2D eigenvalue weighted by atomic mass is 10.2. The molecule has 0 aliphatic heterocycles. The zero-order valence-corrected chi connectivity index (χ0v) is 12.0. The molecule has 1 aromatic carbocycles. The van der Waals surface area contributed by atoms with E-state index in [0.29, 0.717) is 5.02 Å². The van der Waals surface area contributed by atoms with Crippen molar-refractivity contribution in [1.82, 2.24) is 14.6 Å². The van der Waals surface area contributed by atoms with Gasteiger partial charge in [-0.2, -0.15) is 0 Å². The Bertz CT molecular complexity index is 752. The molecule has 0 aliphatic carbocycles. The third kappa shape index (κ3) is 2.34. The van der Waals surface area contributed by atoms with Crippen LogP contribution in [0.25, 0.3) is 17.0 Å². The first-order chi connectivity index (χ1) is 9.65. The number of nitrogens with zero attached hydrogens (tertiary/aromatic N) is 3. The summed E-state index contributed by atoms with van der Waals surface area (Å²) in [5.74, 6) is 1.47. The van der Waals surface area contributed by atoms with E-state index in [2.05, 4.69) is 10.2 Å². The van der Waals surface area contributed by atoms with E-state index in [1.54, 1.807) is 0 Å². The Morgan fingerprint density at radius 2 is 2.00 bits per heavy atom. The van der Waals surface area contributed by atoms with Crippen molar-refractivity contribution in [2.45, 2.75) is 20.0 Å². The Morgan fingerprint density at radius 3 is 2.80 bits per heavy atom. The number of pyridine rings is 1. The molecule has 102 valence electrons. The van der Waals surface area contributed by atoms with Crippen molar-refractivity contribution in [3.63, 3.8) is 0 Å². The van der Waals surface area contributed by atoms with Crippen LogP contribution in [0.4, 0.5) is 0 Å². The lowest BCUT2D eigenvalue weighted by molar-refractivity contribution is 0.243. The molecule has 0 amide bonds. The summed E-state index contributed by atoms with van der Waals surface area (Å²) >= 11 is 6.11. The van der Waals surface area contributed by atoms with Crippen molar-refractivity contribution < 1.29 is 4.74 Å². The molecule has 0 spiro atoms. The molecule has 0 N–H and O–H groups in total. The first kappa shape index (κ1) is 12.9. The van der Waals surface area contributed by atoms with Gasteiger partial charge in [0, 0.05) is 11.2 Å². The highest BCUT2D eigenvalue weighted by molar-refractivity contribution is 6.30. The largest absolute Gasteiger partial charge is 0.490 e. The molecule has 5 heteroatoms. The molecule has 2 aromatic heterocycles. The summed E-state index contributed by atoms with van der Waals surface area (Å²) < 4.78 is 7.75. The molecule has 3 aromatic rings. The van der Waals surface area contributed by atoms with Gasteiger partial charge in [-0.1, -0.05) is 17.7 Å². The summed E-state index contributed by atoms with van der Waals surface area (Å²) in [7, 11) is 0. The fraction of sp³-hybridized carbons (Fsp3) is 0.200. The van der Waals surface area contributed by atoms with Crippen LogP contribution in [0.3, 0.4) is 0 Å². The van der Waals surface area contributed by atoms with Gasteiger partial charge in [0.25, 0.3) is 0 Å². The molecule has 0 saturated carbocycles. The highest BCUT2D eigenvalue weighted by atomic mass is 35.5.